The van der Waals surface area contributed by atoms with Crippen LogP contribution in [0.5, 0.6) is 0 Å². The Morgan fingerprint density at radius 3 is 3.05 bits per heavy atom. The average molecular weight is 283 g/mol. The lowest BCUT2D eigenvalue weighted by Crippen LogP contribution is -2.31. The van der Waals surface area contributed by atoms with Crippen LogP contribution in [0.15, 0.2) is 42.7 Å². The van der Waals surface area contributed by atoms with E-state index in [-0.39, 0.29) is 12.1 Å². The van der Waals surface area contributed by atoms with Gasteiger partial charge in [-0.2, -0.15) is 0 Å². The number of ether oxygens (including phenoxy) is 1. The molecule has 3 rings (SSSR count). The van der Waals surface area contributed by atoms with Gasteiger partial charge in [0.2, 0.25) is 0 Å². The number of nitrogens with one attached hydrogen (secondary N) is 1. The zero-order chi connectivity index (χ0) is 14.7. The Bertz CT molecular complexity index is 614. The number of aryl methyl sites for hydroxylation is 1. The first-order chi connectivity index (χ1) is 10.3. The summed E-state index contributed by atoms with van der Waals surface area (Å²) >= 11 is 0. The lowest BCUT2D eigenvalue weighted by atomic mass is 9.91. The van der Waals surface area contributed by atoms with E-state index in [1.165, 1.54) is 16.7 Å². The zero-order valence-electron chi connectivity index (χ0n) is 12.3. The minimum atomic E-state index is 0.0594. The molecule has 3 N–H and O–H groups in total. The Labute approximate surface area is 125 Å². The van der Waals surface area contributed by atoms with Gasteiger partial charge in [-0.3, -0.25) is 16.3 Å². The molecule has 1 aromatic carbocycles. The molecule has 0 saturated carbocycles. The van der Waals surface area contributed by atoms with Crippen LogP contribution in [0.25, 0.3) is 0 Å². The number of hydrogen-bond donors (Lipinski definition) is 2. The minimum Gasteiger partial charge on any atom is -0.373 e. The third kappa shape index (κ3) is 2.97. The molecule has 2 atom stereocenters. The van der Waals surface area contributed by atoms with E-state index in [1.807, 2.05) is 18.5 Å². The third-order valence-electron chi connectivity index (χ3n) is 4.18. The van der Waals surface area contributed by atoms with Crippen molar-refractivity contribution in [3.8, 4) is 0 Å². The van der Waals surface area contributed by atoms with Gasteiger partial charge in [0.25, 0.3) is 0 Å². The fourth-order valence-electron chi connectivity index (χ4n) is 3.05. The molecule has 0 aliphatic carbocycles. The van der Waals surface area contributed by atoms with Crippen LogP contribution in [0.1, 0.15) is 40.8 Å². The van der Waals surface area contributed by atoms with E-state index in [2.05, 4.69) is 41.6 Å². The lowest BCUT2D eigenvalue weighted by Gasteiger charge is -2.29. The first-order valence-electron chi connectivity index (χ1n) is 7.35. The molecule has 0 amide bonds. The van der Waals surface area contributed by atoms with Gasteiger partial charge in [0.1, 0.15) is 0 Å². The highest BCUT2D eigenvalue weighted by atomic mass is 16.5. The summed E-state index contributed by atoms with van der Waals surface area (Å²) in [5.41, 5.74) is 7.93. The van der Waals surface area contributed by atoms with Crippen LogP contribution >= 0.6 is 0 Å². The normalized spacial score (nSPS) is 19.0. The standard InChI is InChI=1S/C17H21N3O/c1-12-11-19-8-6-14(12)16(20-18)10-17-15-5-3-2-4-13(15)7-9-21-17/h2-6,8,11,16-17,20H,7,9-10,18H2,1H3. The highest BCUT2D eigenvalue weighted by Gasteiger charge is 2.25. The van der Waals surface area contributed by atoms with Crippen LogP contribution in [-0.4, -0.2) is 11.6 Å². The molecule has 0 fully saturated rings. The van der Waals surface area contributed by atoms with Gasteiger partial charge in [0.05, 0.1) is 12.7 Å². The topological polar surface area (TPSA) is 60.2 Å². The number of nitrogens with zero attached hydrogens (tertiary/aromatic N) is 1. The fraction of sp³-hybridized carbons (Fsp3) is 0.353. The highest BCUT2D eigenvalue weighted by Crippen LogP contribution is 2.34. The predicted molar refractivity (Wildman–Crippen MR) is 82.5 cm³/mol. The van der Waals surface area contributed by atoms with Gasteiger partial charge in [-0.05, 0) is 48.1 Å². The summed E-state index contributed by atoms with van der Waals surface area (Å²) in [5, 5.41) is 0. The number of hydrazine groups is 1. The fourth-order valence-corrected chi connectivity index (χ4v) is 3.05. The van der Waals surface area contributed by atoms with Crippen LogP contribution in [0.2, 0.25) is 0 Å². The first-order valence-corrected chi connectivity index (χ1v) is 7.35. The molecule has 4 heteroatoms. The molecule has 2 aromatic rings. The minimum absolute atomic E-state index is 0.0594. The van der Waals surface area contributed by atoms with Gasteiger partial charge < -0.3 is 4.74 Å². The number of pyridine rings is 1. The van der Waals surface area contributed by atoms with Crippen molar-refractivity contribution in [1.29, 1.82) is 0 Å². The molecule has 2 heterocycles. The van der Waals surface area contributed by atoms with Crippen molar-refractivity contribution in [3.63, 3.8) is 0 Å². The first kappa shape index (κ1) is 14.2. The summed E-state index contributed by atoms with van der Waals surface area (Å²) in [6.45, 7) is 2.83. The summed E-state index contributed by atoms with van der Waals surface area (Å²) in [6.07, 6.45) is 5.57. The Morgan fingerprint density at radius 2 is 2.24 bits per heavy atom. The number of hydrogen-bond acceptors (Lipinski definition) is 4. The smallest absolute Gasteiger partial charge is 0.0846 e. The summed E-state index contributed by atoms with van der Waals surface area (Å²) in [6, 6.07) is 10.6. The van der Waals surface area contributed by atoms with Crippen molar-refractivity contribution >= 4 is 0 Å². The third-order valence-corrected chi connectivity index (χ3v) is 4.18. The molecular formula is C17H21N3O. The molecule has 4 nitrogen and oxygen atoms in total. The van der Waals surface area contributed by atoms with Crippen LogP contribution < -0.4 is 11.3 Å². The second-order valence-corrected chi connectivity index (χ2v) is 5.50. The second kappa shape index (κ2) is 6.35. The number of rotatable bonds is 4. The van der Waals surface area contributed by atoms with Crippen LogP contribution in [0, 0.1) is 6.92 Å². The quantitative estimate of drug-likeness (QED) is 0.669. The highest BCUT2D eigenvalue weighted by molar-refractivity contribution is 5.32. The van der Waals surface area contributed by atoms with Gasteiger partial charge in [-0.1, -0.05) is 24.3 Å². The van der Waals surface area contributed by atoms with Crippen molar-refractivity contribution < 1.29 is 4.74 Å². The Morgan fingerprint density at radius 1 is 1.38 bits per heavy atom. The maximum Gasteiger partial charge on any atom is 0.0846 e. The number of nitrogens with two attached hydrogens (primary N) is 1. The van der Waals surface area contributed by atoms with Crippen molar-refractivity contribution in [2.24, 2.45) is 5.84 Å². The molecule has 0 bridgehead atoms. The molecule has 0 spiro atoms. The van der Waals surface area contributed by atoms with Gasteiger partial charge in [-0.25, -0.2) is 0 Å². The van der Waals surface area contributed by atoms with E-state index >= 15 is 0 Å². The monoisotopic (exact) mass is 283 g/mol. The van der Waals surface area contributed by atoms with Gasteiger partial charge in [-0.15, -0.1) is 0 Å². The molecule has 2 unspecified atom stereocenters. The largest absolute Gasteiger partial charge is 0.373 e. The molecular weight excluding hydrogens is 262 g/mol. The van der Waals surface area contributed by atoms with Gasteiger partial charge in [0, 0.05) is 18.4 Å². The van der Waals surface area contributed by atoms with E-state index in [9.17, 15) is 0 Å². The Balaban J connectivity index is 1.84. The van der Waals surface area contributed by atoms with E-state index in [0.29, 0.717) is 0 Å². The van der Waals surface area contributed by atoms with Crippen molar-refractivity contribution in [1.82, 2.24) is 10.4 Å². The van der Waals surface area contributed by atoms with E-state index < -0.39 is 0 Å². The summed E-state index contributed by atoms with van der Waals surface area (Å²) in [5.74, 6) is 5.78. The Kier molecular flexibility index (Phi) is 4.29. The maximum atomic E-state index is 5.99. The number of fused-ring (bicyclic) bond motifs is 1. The molecule has 0 saturated heterocycles. The van der Waals surface area contributed by atoms with Crippen molar-refractivity contribution in [3.05, 3.63) is 65.0 Å². The molecule has 1 aliphatic rings. The zero-order valence-corrected chi connectivity index (χ0v) is 12.3. The molecule has 1 aromatic heterocycles. The summed E-state index contributed by atoms with van der Waals surface area (Å²) < 4.78 is 5.99. The van der Waals surface area contributed by atoms with Crippen molar-refractivity contribution in [2.75, 3.05) is 6.61 Å². The predicted octanol–water partition coefficient (Wildman–Crippen LogP) is 2.60. The van der Waals surface area contributed by atoms with Crippen LogP contribution in [0.4, 0.5) is 0 Å². The number of aromatic nitrogens is 1. The molecule has 110 valence electrons. The summed E-state index contributed by atoms with van der Waals surface area (Å²) in [4.78, 5) is 4.14. The molecule has 0 radical (unpaired) electrons. The second-order valence-electron chi connectivity index (χ2n) is 5.50. The molecule has 1 aliphatic heterocycles. The van der Waals surface area contributed by atoms with E-state index in [0.717, 1.165) is 25.0 Å². The SMILES string of the molecule is Cc1cnccc1C(CC1OCCc2ccccc21)NN. The van der Waals surface area contributed by atoms with E-state index in [1.54, 1.807) is 0 Å². The average Bonchev–Trinajstić information content (AvgIpc) is 2.53. The summed E-state index contributed by atoms with van der Waals surface area (Å²) in [7, 11) is 0. The van der Waals surface area contributed by atoms with Gasteiger partial charge >= 0.3 is 0 Å². The maximum absolute atomic E-state index is 5.99. The lowest BCUT2D eigenvalue weighted by molar-refractivity contribution is 0.0292. The van der Waals surface area contributed by atoms with Gasteiger partial charge in [0.15, 0.2) is 0 Å². The van der Waals surface area contributed by atoms with Crippen LogP contribution in [0.3, 0.4) is 0 Å². The van der Waals surface area contributed by atoms with Crippen molar-refractivity contribution in [2.45, 2.75) is 31.9 Å². The molecule has 21 heavy (non-hydrogen) atoms. The number of benzene rings is 1. The Hall–Kier alpha value is -1.75. The van der Waals surface area contributed by atoms with E-state index in [4.69, 9.17) is 10.6 Å². The van der Waals surface area contributed by atoms with Crippen LogP contribution in [-0.2, 0) is 11.2 Å².